The number of carbonyl (C=O) groups excluding carboxylic acids is 2. The fourth-order valence-electron chi connectivity index (χ4n) is 2.03. The van der Waals surface area contributed by atoms with Crippen molar-refractivity contribution in [3.8, 4) is 5.88 Å². The summed E-state index contributed by atoms with van der Waals surface area (Å²) in [6.07, 6.45) is -6.72. The zero-order chi connectivity index (χ0) is 21.8. The minimum atomic E-state index is -5.33. The Morgan fingerprint density at radius 3 is 2.59 bits per heavy atom. The van der Waals surface area contributed by atoms with Gasteiger partial charge < -0.3 is 20.5 Å². The maximum absolute atomic E-state index is 12.7. The molecule has 2 unspecified atom stereocenters. The van der Waals surface area contributed by atoms with Crippen molar-refractivity contribution in [1.82, 2.24) is 4.98 Å². The van der Waals surface area contributed by atoms with E-state index in [1.165, 1.54) is 18.2 Å². The van der Waals surface area contributed by atoms with Crippen LogP contribution in [0.3, 0.4) is 0 Å². The van der Waals surface area contributed by atoms with Gasteiger partial charge >= 0.3 is 12.1 Å². The second-order valence-electron chi connectivity index (χ2n) is 5.91. The highest BCUT2D eigenvalue weighted by atomic mass is 35.5. The lowest BCUT2D eigenvalue weighted by Gasteiger charge is -2.17. The van der Waals surface area contributed by atoms with Crippen molar-refractivity contribution in [2.75, 3.05) is 10.6 Å². The van der Waals surface area contributed by atoms with Crippen LogP contribution in [0.4, 0.5) is 24.0 Å². The summed E-state index contributed by atoms with van der Waals surface area (Å²) in [6.45, 7) is 3.71. The third kappa shape index (κ3) is 5.97. The van der Waals surface area contributed by atoms with Crippen LogP contribution in [0.25, 0.3) is 0 Å². The van der Waals surface area contributed by atoms with Crippen molar-refractivity contribution in [2.24, 2.45) is 0 Å². The number of hydrogen-bond donors (Lipinski definition) is 3. The molecule has 0 spiro atoms. The number of nitrogens with zero attached hydrogens (tertiary/aromatic N) is 1. The summed E-state index contributed by atoms with van der Waals surface area (Å²) in [5, 5.41) is 15.5. The molecule has 0 bridgehead atoms. The number of aromatic hydroxyl groups is 1. The van der Waals surface area contributed by atoms with Gasteiger partial charge in [0.05, 0.1) is 10.7 Å². The first-order valence-corrected chi connectivity index (χ1v) is 9.51. The predicted molar refractivity (Wildman–Crippen MR) is 102 cm³/mol. The van der Waals surface area contributed by atoms with E-state index in [0.29, 0.717) is 17.8 Å². The Balaban J connectivity index is 2.36. The van der Waals surface area contributed by atoms with Gasteiger partial charge in [-0.1, -0.05) is 42.0 Å². The minimum Gasteiger partial charge on any atom is -0.492 e. The van der Waals surface area contributed by atoms with Crippen LogP contribution < -0.4 is 10.6 Å². The number of halogens is 4. The van der Waals surface area contributed by atoms with E-state index in [-0.39, 0.29) is 26.8 Å². The van der Waals surface area contributed by atoms with E-state index in [9.17, 15) is 27.9 Å². The Labute approximate surface area is 172 Å². The van der Waals surface area contributed by atoms with E-state index >= 15 is 0 Å². The standard InChI is InChI=1S/C17H17ClF3N3O4S/c1-3-8(2)22-16-24-14(26)12(29-16)11(28-15(27)17(19,20)21)13(25)23-10-7-5-4-6-9(10)18/h4-8,11,26H,3H2,1-2H3,(H,22,24)(H,23,25). The summed E-state index contributed by atoms with van der Waals surface area (Å²) in [4.78, 5) is 27.4. The Hall–Kier alpha value is -2.53. The number of amides is 1. The number of esters is 1. The van der Waals surface area contributed by atoms with Crippen molar-refractivity contribution in [2.45, 2.75) is 38.6 Å². The first kappa shape index (κ1) is 22.8. The SMILES string of the molecule is CCC(C)Nc1nc(O)c(C(OC(=O)C(F)(F)F)C(=O)Nc2ccccc2Cl)s1. The summed E-state index contributed by atoms with van der Waals surface area (Å²) >= 11 is 6.63. The van der Waals surface area contributed by atoms with Gasteiger partial charge in [0.25, 0.3) is 5.91 Å². The molecule has 2 aromatic rings. The summed E-state index contributed by atoms with van der Waals surface area (Å²) in [7, 11) is 0. The molecule has 0 aliphatic carbocycles. The Bertz CT molecular complexity index is 891. The van der Waals surface area contributed by atoms with Crippen molar-refractivity contribution in [1.29, 1.82) is 0 Å². The topological polar surface area (TPSA) is 101 Å². The number of para-hydroxylation sites is 1. The third-order valence-corrected chi connectivity index (χ3v) is 5.03. The normalized spacial score (nSPS) is 13.4. The van der Waals surface area contributed by atoms with Crippen LogP contribution in [0.1, 0.15) is 31.2 Å². The number of thiazole rings is 1. The fourth-order valence-corrected chi connectivity index (χ4v) is 3.21. The summed E-state index contributed by atoms with van der Waals surface area (Å²) in [6, 6.07) is 5.93. The molecule has 1 heterocycles. The van der Waals surface area contributed by atoms with E-state index in [0.717, 1.165) is 0 Å². The molecule has 0 saturated heterocycles. The molecule has 2 atom stereocenters. The van der Waals surface area contributed by atoms with Gasteiger partial charge in [0, 0.05) is 6.04 Å². The zero-order valence-electron chi connectivity index (χ0n) is 15.2. The molecule has 1 aromatic carbocycles. The molecule has 2 rings (SSSR count). The lowest BCUT2D eigenvalue weighted by atomic mass is 10.2. The van der Waals surface area contributed by atoms with E-state index in [1.54, 1.807) is 6.07 Å². The first-order valence-electron chi connectivity index (χ1n) is 8.32. The third-order valence-electron chi connectivity index (χ3n) is 3.68. The molecule has 12 heteroatoms. The highest BCUT2D eigenvalue weighted by Crippen LogP contribution is 2.37. The van der Waals surface area contributed by atoms with Crippen LogP contribution in [0.15, 0.2) is 24.3 Å². The smallest absolute Gasteiger partial charge is 0.490 e. The van der Waals surface area contributed by atoms with Gasteiger partial charge in [0.2, 0.25) is 12.0 Å². The van der Waals surface area contributed by atoms with Gasteiger partial charge in [-0.05, 0) is 25.5 Å². The van der Waals surface area contributed by atoms with Gasteiger partial charge in [0.15, 0.2) is 5.13 Å². The number of nitrogens with one attached hydrogen (secondary N) is 2. The van der Waals surface area contributed by atoms with Gasteiger partial charge in [-0.3, -0.25) is 4.79 Å². The van der Waals surface area contributed by atoms with Crippen molar-refractivity contribution < 1.29 is 32.6 Å². The van der Waals surface area contributed by atoms with Gasteiger partial charge in [-0.15, -0.1) is 0 Å². The van der Waals surface area contributed by atoms with Gasteiger partial charge in [0.1, 0.15) is 4.88 Å². The van der Waals surface area contributed by atoms with Gasteiger partial charge in [-0.2, -0.15) is 18.2 Å². The number of alkyl halides is 3. The van der Waals surface area contributed by atoms with Crippen molar-refractivity contribution in [3.05, 3.63) is 34.2 Å². The van der Waals surface area contributed by atoms with Crippen LogP contribution in [0, 0.1) is 0 Å². The summed E-state index contributed by atoms with van der Waals surface area (Å²) in [5.74, 6) is -4.44. The number of anilines is 2. The monoisotopic (exact) mass is 451 g/mol. The van der Waals surface area contributed by atoms with Crippen LogP contribution in [0.5, 0.6) is 5.88 Å². The molecule has 7 nitrogen and oxygen atoms in total. The molecule has 0 fully saturated rings. The van der Waals surface area contributed by atoms with Crippen LogP contribution in [-0.2, 0) is 14.3 Å². The van der Waals surface area contributed by atoms with E-state index in [2.05, 4.69) is 20.4 Å². The summed E-state index contributed by atoms with van der Waals surface area (Å²) in [5.41, 5.74) is 0.0918. The van der Waals surface area contributed by atoms with Crippen LogP contribution in [-0.4, -0.2) is 34.2 Å². The highest BCUT2D eigenvalue weighted by Gasteiger charge is 2.45. The lowest BCUT2D eigenvalue weighted by molar-refractivity contribution is -0.205. The lowest BCUT2D eigenvalue weighted by Crippen LogP contribution is -2.32. The molecule has 0 radical (unpaired) electrons. The molecule has 1 amide bonds. The largest absolute Gasteiger partial charge is 0.492 e. The first-order chi connectivity index (χ1) is 13.5. The zero-order valence-corrected chi connectivity index (χ0v) is 16.8. The molecule has 29 heavy (non-hydrogen) atoms. The number of hydrogen-bond acceptors (Lipinski definition) is 7. The summed E-state index contributed by atoms with van der Waals surface area (Å²) < 4.78 is 42.4. The van der Waals surface area contributed by atoms with Gasteiger partial charge in [-0.25, -0.2) is 4.79 Å². The van der Waals surface area contributed by atoms with E-state index in [1.807, 2.05) is 13.8 Å². The van der Waals surface area contributed by atoms with Crippen LogP contribution >= 0.6 is 22.9 Å². The van der Waals surface area contributed by atoms with E-state index in [4.69, 9.17) is 11.6 Å². The molecule has 0 aliphatic heterocycles. The van der Waals surface area contributed by atoms with Crippen molar-refractivity contribution >= 4 is 45.6 Å². The maximum atomic E-state index is 12.7. The van der Waals surface area contributed by atoms with E-state index < -0.39 is 30.0 Å². The number of benzene rings is 1. The number of ether oxygens (including phenoxy) is 1. The molecular weight excluding hydrogens is 435 g/mol. The van der Waals surface area contributed by atoms with Crippen molar-refractivity contribution in [3.63, 3.8) is 0 Å². The maximum Gasteiger partial charge on any atom is 0.490 e. The highest BCUT2D eigenvalue weighted by molar-refractivity contribution is 7.16. The number of rotatable bonds is 7. The molecule has 3 N–H and O–H groups in total. The molecule has 158 valence electrons. The Morgan fingerprint density at radius 1 is 1.34 bits per heavy atom. The molecule has 0 aliphatic rings. The van der Waals surface area contributed by atoms with Crippen LogP contribution in [0.2, 0.25) is 5.02 Å². The second kappa shape index (κ2) is 9.31. The quantitative estimate of drug-likeness (QED) is 0.536. The Kier molecular flexibility index (Phi) is 7.31. The number of aromatic nitrogens is 1. The second-order valence-corrected chi connectivity index (χ2v) is 7.35. The molecule has 0 saturated carbocycles. The predicted octanol–water partition coefficient (Wildman–Crippen LogP) is 4.50. The molecular formula is C17H17ClF3N3O4S. The average molecular weight is 452 g/mol. The fraction of sp³-hybridized carbons (Fsp3) is 0.353. The average Bonchev–Trinajstić information content (AvgIpc) is 3.00. The minimum absolute atomic E-state index is 0.0541. The number of carbonyl (C=O) groups is 2. The molecule has 1 aromatic heterocycles. The Morgan fingerprint density at radius 2 is 2.00 bits per heavy atom.